The Balaban J connectivity index is 2.13. The fourth-order valence-electron chi connectivity index (χ4n) is 2.45. The molecule has 1 fully saturated rings. The summed E-state index contributed by atoms with van der Waals surface area (Å²) in [5.41, 5.74) is 0. The van der Waals surface area contributed by atoms with Crippen molar-refractivity contribution < 1.29 is 9.47 Å². The van der Waals surface area contributed by atoms with Crippen LogP contribution >= 0.6 is 0 Å². The van der Waals surface area contributed by atoms with Crippen LogP contribution in [-0.2, 0) is 9.47 Å². The first-order chi connectivity index (χ1) is 8.77. The predicted octanol–water partition coefficient (Wildman–Crippen LogP) is 1.50. The number of hydrogen-bond acceptors (Lipinski definition) is 4. The molecular weight excluding hydrogens is 228 g/mol. The number of methoxy groups -OCH3 is 1. The molecule has 18 heavy (non-hydrogen) atoms. The van der Waals surface area contributed by atoms with Gasteiger partial charge in [-0.3, -0.25) is 4.90 Å². The van der Waals surface area contributed by atoms with Crippen LogP contribution in [0.1, 0.15) is 33.1 Å². The van der Waals surface area contributed by atoms with Gasteiger partial charge in [0.2, 0.25) is 0 Å². The molecule has 0 aromatic carbocycles. The monoisotopic (exact) mass is 258 g/mol. The fraction of sp³-hybridized carbons (Fsp3) is 1.00. The molecule has 1 N–H and O–H groups in total. The molecule has 108 valence electrons. The number of hydrogen-bond donors (Lipinski definition) is 1. The Bertz CT molecular complexity index is 196. The lowest BCUT2D eigenvalue weighted by Crippen LogP contribution is -2.44. The summed E-state index contributed by atoms with van der Waals surface area (Å²) in [6.45, 7) is 10.6. The highest BCUT2D eigenvalue weighted by Crippen LogP contribution is 2.14. The van der Waals surface area contributed by atoms with Gasteiger partial charge < -0.3 is 14.8 Å². The molecule has 0 spiro atoms. The van der Waals surface area contributed by atoms with Crippen molar-refractivity contribution in [2.75, 3.05) is 46.5 Å². The molecule has 1 aliphatic heterocycles. The number of nitrogens with zero attached hydrogens (tertiary/aromatic N) is 1. The molecular formula is C14H30N2O2. The molecule has 0 aliphatic carbocycles. The van der Waals surface area contributed by atoms with Crippen molar-refractivity contribution in [2.45, 2.75) is 45.3 Å². The van der Waals surface area contributed by atoms with Crippen LogP contribution in [0.25, 0.3) is 0 Å². The van der Waals surface area contributed by atoms with Crippen molar-refractivity contribution in [2.24, 2.45) is 0 Å². The molecule has 1 heterocycles. The predicted molar refractivity (Wildman–Crippen MR) is 75.0 cm³/mol. The van der Waals surface area contributed by atoms with E-state index in [1.807, 2.05) is 0 Å². The molecule has 0 bridgehead atoms. The molecule has 0 amide bonds. The van der Waals surface area contributed by atoms with E-state index < -0.39 is 0 Å². The molecule has 4 heteroatoms. The van der Waals surface area contributed by atoms with Gasteiger partial charge >= 0.3 is 0 Å². The molecule has 2 unspecified atom stereocenters. The third-order valence-corrected chi connectivity index (χ3v) is 3.63. The molecule has 2 atom stereocenters. The molecule has 1 aliphatic rings. The Hall–Kier alpha value is -0.160. The Kier molecular flexibility index (Phi) is 8.59. The maximum absolute atomic E-state index is 5.71. The van der Waals surface area contributed by atoms with Gasteiger partial charge in [0.05, 0.1) is 6.10 Å². The van der Waals surface area contributed by atoms with Gasteiger partial charge in [-0.15, -0.1) is 0 Å². The van der Waals surface area contributed by atoms with E-state index in [1.54, 1.807) is 7.11 Å². The first kappa shape index (κ1) is 15.9. The van der Waals surface area contributed by atoms with Crippen LogP contribution in [0.15, 0.2) is 0 Å². The molecule has 0 aromatic heterocycles. The first-order valence-electron chi connectivity index (χ1n) is 7.33. The maximum atomic E-state index is 5.71. The summed E-state index contributed by atoms with van der Waals surface area (Å²) in [7, 11) is 1.75. The van der Waals surface area contributed by atoms with Gasteiger partial charge in [-0.25, -0.2) is 0 Å². The molecule has 4 nitrogen and oxygen atoms in total. The molecule has 1 saturated heterocycles. The van der Waals surface area contributed by atoms with Crippen LogP contribution in [0.5, 0.6) is 0 Å². The van der Waals surface area contributed by atoms with E-state index >= 15 is 0 Å². The summed E-state index contributed by atoms with van der Waals surface area (Å²) in [5, 5.41) is 3.50. The molecule has 0 aromatic rings. The third-order valence-electron chi connectivity index (χ3n) is 3.63. The third kappa shape index (κ3) is 6.14. The van der Waals surface area contributed by atoms with Gasteiger partial charge in [0, 0.05) is 39.5 Å². The molecule has 0 radical (unpaired) electrons. The van der Waals surface area contributed by atoms with E-state index in [0.29, 0.717) is 12.1 Å². The zero-order valence-corrected chi connectivity index (χ0v) is 12.3. The van der Waals surface area contributed by atoms with Crippen molar-refractivity contribution in [1.29, 1.82) is 0 Å². The van der Waals surface area contributed by atoms with Gasteiger partial charge in [0.15, 0.2) is 0 Å². The van der Waals surface area contributed by atoms with Crippen LogP contribution in [0.3, 0.4) is 0 Å². The van der Waals surface area contributed by atoms with Crippen molar-refractivity contribution in [3.05, 3.63) is 0 Å². The average molecular weight is 258 g/mol. The number of rotatable bonds is 10. The minimum absolute atomic E-state index is 0.459. The highest BCUT2D eigenvalue weighted by molar-refractivity contribution is 4.75. The van der Waals surface area contributed by atoms with Crippen molar-refractivity contribution in [3.63, 3.8) is 0 Å². The normalized spacial score (nSPS) is 21.7. The highest BCUT2D eigenvalue weighted by atomic mass is 16.5. The summed E-state index contributed by atoms with van der Waals surface area (Å²) >= 11 is 0. The van der Waals surface area contributed by atoms with Crippen molar-refractivity contribution in [3.8, 4) is 0 Å². The van der Waals surface area contributed by atoms with Gasteiger partial charge in [-0.05, 0) is 39.3 Å². The smallest absolute Gasteiger partial charge is 0.0702 e. The summed E-state index contributed by atoms with van der Waals surface area (Å²) in [5.74, 6) is 0. The second-order valence-electron chi connectivity index (χ2n) is 5.12. The largest absolute Gasteiger partial charge is 0.385 e. The topological polar surface area (TPSA) is 33.7 Å². The number of nitrogens with one attached hydrogen (secondary N) is 1. The Labute approximate surface area is 112 Å². The Morgan fingerprint density at radius 2 is 2.33 bits per heavy atom. The van der Waals surface area contributed by atoms with Gasteiger partial charge in [0.1, 0.15) is 0 Å². The maximum Gasteiger partial charge on any atom is 0.0702 e. The quantitative estimate of drug-likeness (QED) is 0.602. The number of ether oxygens (including phenoxy) is 2. The van der Waals surface area contributed by atoms with E-state index in [-0.39, 0.29) is 0 Å². The van der Waals surface area contributed by atoms with E-state index in [4.69, 9.17) is 9.47 Å². The summed E-state index contributed by atoms with van der Waals surface area (Å²) < 4.78 is 10.8. The first-order valence-corrected chi connectivity index (χ1v) is 7.33. The fourth-order valence-corrected chi connectivity index (χ4v) is 2.45. The second kappa shape index (κ2) is 9.73. The average Bonchev–Trinajstić information content (AvgIpc) is 2.88. The van der Waals surface area contributed by atoms with E-state index in [1.165, 1.54) is 12.8 Å². The van der Waals surface area contributed by atoms with Crippen molar-refractivity contribution >= 4 is 0 Å². The molecule has 0 saturated carbocycles. The Morgan fingerprint density at radius 1 is 1.50 bits per heavy atom. The molecule has 1 rings (SSSR count). The van der Waals surface area contributed by atoms with Crippen LogP contribution in [0, 0.1) is 0 Å². The summed E-state index contributed by atoms with van der Waals surface area (Å²) in [4.78, 5) is 2.51. The van der Waals surface area contributed by atoms with E-state index in [0.717, 1.165) is 45.8 Å². The van der Waals surface area contributed by atoms with Crippen molar-refractivity contribution in [1.82, 2.24) is 10.2 Å². The Morgan fingerprint density at radius 3 is 2.94 bits per heavy atom. The lowest BCUT2D eigenvalue weighted by atomic mass is 10.2. The number of likely N-dealkylation sites (N-methyl/N-ethyl adjacent to an activating group) is 1. The van der Waals surface area contributed by atoms with Crippen LogP contribution in [-0.4, -0.2) is 63.5 Å². The van der Waals surface area contributed by atoms with E-state index in [2.05, 4.69) is 24.1 Å². The van der Waals surface area contributed by atoms with Gasteiger partial charge in [-0.1, -0.05) is 6.92 Å². The van der Waals surface area contributed by atoms with Crippen LogP contribution in [0.4, 0.5) is 0 Å². The minimum atomic E-state index is 0.459. The van der Waals surface area contributed by atoms with Gasteiger partial charge in [-0.2, -0.15) is 0 Å². The lowest BCUT2D eigenvalue weighted by Gasteiger charge is -2.30. The lowest BCUT2D eigenvalue weighted by molar-refractivity contribution is 0.0618. The van der Waals surface area contributed by atoms with E-state index in [9.17, 15) is 0 Å². The second-order valence-corrected chi connectivity index (χ2v) is 5.12. The standard InChI is InChI=1S/C14H30N2O2/c1-4-16(12-14-7-5-10-18-14)13(2)11-15-8-6-9-17-3/h13-15H,4-12H2,1-3H3. The van der Waals surface area contributed by atoms with Crippen LogP contribution < -0.4 is 5.32 Å². The minimum Gasteiger partial charge on any atom is -0.385 e. The highest BCUT2D eigenvalue weighted by Gasteiger charge is 2.21. The summed E-state index contributed by atoms with van der Waals surface area (Å²) in [6.07, 6.45) is 4.00. The SMILES string of the molecule is CCN(CC1CCCO1)C(C)CNCCCOC. The zero-order valence-electron chi connectivity index (χ0n) is 12.3. The summed E-state index contributed by atoms with van der Waals surface area (Å²) in [6, 6.07) is 0.571. The zero-order chi connectivity index (χ0) is 13.2. The van der Waals surface area contributed by atoms with Crippen LogP contribution in [0.2, 0.25) is 0 Å². The van der Waals surface area contributed by atoms with Gasteiger partial charge in [0.25, 0.3) is 0 Å².